The van der Waals surface area contributed by atoms with Crippen molar-refractivity contribution in [3.8, 4) is 22.9 Å². The van der Waals surface area contributed by atoms with Crippen molar-refractivity contribution in [2.24, 2.45) is 0 Å². The van der Waals surface area contributed by atoms with Gasteiger partial charge in [-0.3, -0.25) is 4.90 Å². The molecule has 0 unspecified atom stereocenters. The third kappa shape index (κ3) is 5.66. The van der Waals surface area contributed by atoms with Crippen LogP contribution in [-0.4, -0.2) is 88.0 Å². The number of hydrogen-bond donors (Lipinski definition) is 1. The number of anilines is 1. The Kier molecular flexibility index (Phi) is 7.84. The summed E-state index contributed by atoms with van der Waals surface area (Å²) in [6.45, 7) is 8.00. The van der Waals surface area contributed by atoms with Gasteiger partial charge in [-0.2, -0.15) is 9.97 Å². The zero-order valence-electron chi connectivity index (χ0n) is 26.6. The second-order valence-electron chi connectivity index (χ2n) is 13.8. The molecule has 242 valence electrons. The summed E-state index contributed by atoms with van der Waals surface area (Å²) in [7, 11) is 2.07. The molecular formula is C35H39ClFN5O4. The van der Waals surface area contributed by atoms with Crippen LogP contribution >= 0.6 is 11.6 Å². The van der Waals surface area contributed by atoms with Gasteiger partial charge in [0.15, 0.2) is 5.82 Å². The number of amides is 1. The SMILES string of the molecule is CN1CCC[C@H]1COc1nc(N2C[C@@H]3CC[C@@H](C2)N3C(=O)OC(C)(C)C)c2cc(Cl)c(-c3cc(O)cc4ccccc34)c(F)c2n1. The Balaban J connectivity index is 1.32. The van der Waals surface area contributed by atoms with Gasteiger partial charge in [-0.25, -0.2) is 9.18 Å². The number of benzene rings is 3. The lowest BCUT2D eigenvalue weighted by atomic mass is 9.96. The van der Waals surface area contributed by atoms with Crippen molar-refractivity contribution in [3.63, 3.8) is 0 Å². The van der Waals surface area contributed by atoms with Crippen LogP contribution in [0, 0.1) is 5.82 Å². The van der Waals surface area contributed by atoms with Crippen molar-refractivity contribution < 1.29 is 23.8 Å². The first-order valence-corrected chi connectivity index (χ1v) is 16.4. The van der Waals surface area contributed by atoms with Crippen LogP contribution in [0.25, 0.3) is 32.8 Å². The molecule has 4 aromatic rings. The second-order valence-corrected chi connectivity index (χ2v) is 14.2. The van der Waals surface area contributed by atoms with Gasteiger partial charge in [0.2, 0.25) is 0 Å². The number of rotatable bonds is 5. The zero-order chi connectivity index (χ0) is 32.3. The van der Waals surface area contributed by atoms with E-state index in [1.165, 1.54) is 6.07 Å². The molecule has 0 spiro atoms. The number of phenolic OH excluding ortho intramolecular Hbond substituents is 1. The van der Waals surface area contributed by atoms with Crippen LogP contribution in [0.2, 0.25) is 5.02 Å². The fourth-order valence-corrected chi connectivity index (χ4v) is 7.56. The summed E-state index contributed by atoms with van der Waals surface area (Å²) in [5, 5.41) is 12.7. The number of aromatic nitrogens is 2. The van der Waals surface area contributed by atoms with Crippen molar-refractivity contribution in [1.82, 2.24) is 19.8 Å². The highest BCUT2D eigenvalue weighted by Gasteiger charge is 2.45. The summed E-state index contributed by atoms with van der Waals surface area (Å²) in [6, 6.07) is 12.5. The van der Waals surface area contributed by atoms with E-state index in [4.69, 9.17) is 26.1 Å². The minimum absolute atomic E-state index is 0.00989. The van der Waals surface area contributed by atoms with E-state index in [1.54, 1.807) is 12.1 Å². The van der Waals surface area contributed by atoms with Gasteiger partial charge in [-0.05, 0) is 94.6 Å². The second kappa shape index (κ2) is 11.7. The van der Waals surface area contributed by atoms with Crippen molar-refractivity contribution in [3.05, 3.63) is 53.3 Å². The summed E-state index contributed by atoms with van der Waals surface area (Å²) in [5.74, 6) is -0.0792. The minimum Gasteiger partial charge on any atom is -0.508 e. The smallest absolute Gasteiger partial charge is 0.410 e. The van der Waals surface area contributed by atoms with Crippen molar-refractivity contribution >= 4 is 45.2 Å². The van der Waals surface area contributed by atoms with Gasteiger partial charge < -0.3 is 24.4 Å². The molecule has 0 radical (unpaired) electrons. The fourth-order valence-electron chi connectivity index (χ4n) is 7.26. The number of aromatic hydroxyl groups is 1. The number of phenols is 1. The van der Waals surface area contributed by atoms with Crippen LogP contribution in [-0.2, 0) is 4.74 Å². The third-order valence-electron chi connectivity index (χ3n) is 9.42. The number of carbonyl (C=O) groups excluding carboxylic acids is 1. The highest BCUT2D eigenvalue weighted by Crippen LogP contribution is 2.43. The van der Waals surface area contributed by atoms with Crippen LogP contribution in [0.3, 0.4) is 0 Å². The van der Waals surface area contributed by atoms with Gasteiger partial charge >= 0.3 is 12.1 Å². The summed E-state index contributed by atoms with van der Waals surface area (Å²) in [4.78, 5) is 28.8. The van der Waals surface area contributed by atoms with Gasteiger partial charge in [0.05, 0.1) is 17.1 Å². The number of nitrogens with zero attached hydrogens (tertiary/aromatic N) is 5. The van der Waals surface area contributed by atoms with Crippen LogP contribution in [0.5, 0.6) is 11.8 Å². The molecule has 46 heavy (non-hydrogen) atoms. The summed E-state index contributed by atoms with van der Waals surface area (Å²) >= 11 is 6.90. The number of likely N-dealkylation sites (N-methyl/N-ethyl adjacent to an activating group) is 1. The number of likely N-dealkylation sites (tertiary alicyclic amines) is 1. The Morgan fingerprint density at radius 3 is 2.50 bits per heavy atom. The number of fused-ring (bicyclic) bond motifs is 4. The molecule has 3 aliphatic heterocycles. The topological polar surface area (TPSA) is 91.3 Å². The van der Waals surface area contributed by atoms with Gasteiger partial charge in [0, 0.05) is 30.1 Å². The van der Waals surface area contributed by atoms with E-state index < -0.39 is 11.4 Å². The molecule has 1 aromatic heterocycles. The van der Waals surface area contributed by atoms with Gasteiger partial charge in [-0.15, -0.1) is 0 Å². The number of piperazine rings is 1. The number of carbonyl (C=O) groups is 1. The molecule has 7 rings (SSSR count). The lowest BCUT2D eigenvalue weighted by Gasteiger charge is -2.42. The lowest BCUT2D eigenvalue weighted by molar-refractivity contribution is 0.0122. The van der Waals surface area contributed by atoms with Crippen LogP contribution in [0.1, 0.15) is 46.5 Å². The molecule has 1 amide bonds. The van der Waals surface area contributed by atoms with Gasteiger partial charge in [0.25, 0.3) is 0 Å². The van der Waals surface area contributed by atoms with E-state index in [0.717, 1.165) is 43.0 Å². The summed E-state index contributed by atoms with van der Waals surface area (Å²) in [5.41, 5.74) is 0.123. The molecule has 9 nitrogen and oxygen atoms in total. The molecule has 0 saturated carbocycles. The molecule has 3 fully saturated rings. The van der Waals surface area contributed by atoms with E-state index >= 15 is 4.39 Å². The molecule has 11 heteroatoms. The molecule has 4 heterocycles. The van der Waals surface area contributed by atoms with Crippen LogP contribution < -0.4 is 9.64 Å². The molecule has 3 aromatic carbocycles. The Hall–Kier alpha value is -3.89. The Bertz CT molecular complexity index is 1820. The van der Waals surface area contributed by atoms with Crippen LogP contribution in [0.15, 0.2) is 42.5 Å². The molecule has 3 aliphatic rings. The highest BCUT2D eigenvalue weighted by atomic mass is 35.5. The van der Waals surface area contributed by atoms with Crippen LogP contribution in [0.4, 0.5) is 15.0 Å². The Morgan fingerprint density at radius 2 is 1.80 bits per heavy atom. The quantitative estimate of drug-likeness (QED) is 0.247. The average Bonchev–Trinajstić information content (AvgIpc) is 3.53. The first kappa shape index (κ1) is 30.7. The molecule has 0 aliphatic carbocycles. The zero-order valence-corrected chi connectivity index (χ0v) is 27.4. The molecule has 2 bridgehead atoms. The van der Waals surface area contributed by atoms with Gasteiger partial charge in [-0.1, -0.05) is 35.9 Å². The molecular weight excluding hydrogens is 609 g/mol. The van der Waals surface area contributed by atoms with Crippen molar-refractivity contribution in [1.29, 1.82) is 0 Å². The minimum atomic E-state index is -0.611. The van der Waals surface area contributed by atoms with Crippen molar-refractivity contribution in [2.75, 3.05) is 38.2 Å². The average molecular weight is 648 g/mol. The van der Waals surface area contributed by atoms with Crippen molar-refractivity contribution in [2.45, 2.75) is 70.2 Å². The summed E-state index contributed by atoms with van der Waals surface area (Å²) in [6.07, 6.45) is 3.46. The number of halogens is 2. The first-order chi connectivity index (χ1) is 22.0. The van der Waals surface area contributed by atoms with E-state index in [1.807, 2.05) is 49.9 Å². The molecule has 1 N–H and O–H groups in total. The third-order valence-corrected chi connectivity index (χ3v) is 9.72. The maximum Gasteiger partial charge on any atom is 0.410 e. The maximum absolute atomic E-state index is 16.9. The van der Waals surface area contributed by atoms with E-state index in [-0.39, 0.29) is 52.1 Å². The largest absolute Gasteiger partial charge is 0.508 e. The molecule has 3 atom stereocenters. The molecule has 3 saturated heterocycles. The fraction of sp³-hybridized carbons (Fsp3) is 0.457. The maximum atomic E-state index is 16.9. The van der Waals surface area contributed by atoms with E-state index in [2.05, 4.69) is 21.8 Å². The Morgan fingerprint density at radius 1 is 1.07 bits per heavy atom. The van der Waals surface area contributed by atoms with E-state index in [9.17, 15) is 9.90 Å². The predicted molar refractivity (Wildman–Crippen MR) is 177 cm³/mol. The standard InChI is InChI=1S/C35H39ClFN5O4/c1-35(2,3)46-34(44)42-21-11-12-22(42)18-41(17-21)32-27-16-28(36)29(26-15-24(43)14-20-8-5-6-10-25(20)26)30(37)31(27)38-33(39-32)45-19-23-9-7-13-40(23)4/h5-6,8,10,14-16,21-23,43H,7,9,11-13,17-19H2,1-4H3/t21-,22-,23-/m0/s1. The highest BCUT2D eigenvalue weighted by molar-refractivity contribution is 6.35. The normalized spacial score (nSPS) is 21.8. The van der Waals surface area contributed by atoms with E-state index in [0.29, 0.717) is 36.5 Å². The van der Waals surface area contributed by atoms with Gasteiger partial charge in [0.1, 0.15) is 29.3 Å². The number of ether oxygens (including phenoxy) is 2. The monoisotopic (exact) mass is 647 g/mol. The first-order valence-electron chi connectivity index (χ1n) is 16.0. The number of hydrogen-bond acceptors (Lipinski definition) is 8. The summed E-state index contributed by atoms with van der Waals surface area (Å²) < 4.78 is 28.8. The predicted octanol–water partition coefficient (Wildman–Crippen LogP) is 7.01. The lowest BCUT2D eigenvalue weighted by Crippen LogP contribution is -2.57. The Labute approximate surface area is 272 Å².